The summed E-state index contributed by atoms with van der Waals surface area (Å²) in [7, 11) is 3.38. The van der Waals surface area contributed by atoms with Gasteiger partial charge in [-0.25, -0.2) is 19.7 Å². The van der Waals surface area contributed by atoms with Crippen LogP contribution in [0.1, 0.15) is 48.2 Å². The zero-order chi connectivity index (χ0) is 19.9. The van der Waals surface area contributed by atoms with Gasteiger partial charge in [0.1, 0.15) is 22.9 Å². The first kappa shape index (κ1) is 19.6. The second kappa shape index (κ2) is 9.18. The van der Waals surface area contributed by atoms with Crippen LogP contribution in [-0.2, 0) is 4.74 Å². The van der Waals surface area contributed by atoms with Gasteiger partial charge in [-0.2, -0.15) is 0 Å². The number of pyridine rings is 1. The summed E-state index contributed by atoms with van der Waals surface area (Å²) in [6.45, 7) is 0.893. The van der Waals surface area contributed by atoms with Crippen molar-refractivity contribution in [3.8, 4) is 12.3 Å². The summed E-state index contributed by atoms with van der Waals surface area (Å²) >= 11 is 0. The number of hydrogen-bond donors (Lipinski definition) is 1. The Bertz CT molecular complexity index is 854. The molecule has 28 heavy (non-hydrogen) atoms. The molecule has 0 aromatic carbocycles. The van der Waals surface area contributed by atoms with Crippen molar-refractivity contribution in [3.63, 3.8) is 0 Å². The molecule has 2 heterocycles. The minimum Gasteiger partial charge on any atom is -0.465 e. The molecule has 0 amide bonds. The zero-order valence-electron chi connectivity index (χ0n) is 16.3. The van der Waals surface area contributed by atoms with E-state index in [4.69, 9.17) is 11.2 Å². The predicted molar refractivity (Wildman–Crippen MR) is 109 cm³/mol. The molecule has 146 valence electrons. The van der Waals surface area contributed by atoms with Crippen molar-refractivity contribution in [3.05, 3.63) is 35.9 Å². The maximum absolute atomic E-state index is 12.2. The molecule has 1 fully saturated rings. The SMILES string of the molecule is C#Cc1cnc(Nc2cc(N(C)CC3CCCCC3)c(C(=O)OC)cn2)cn1. The first-order chi connectivity index (χ1) is 13.6. The van der Waals surface area contributed by atoms with E-state index in [1.54, 1.807) is 6.20 Å². The summed E-state index contributed by atoms with van der Waals surface area (Å²) in [5, 5.41) is 3.11. The van der Waals surface area contributed by atoms with Gasteiger partial charge in [-0.3, -0.25) is 0 Å². The van der Waals surface area contributed by atoms with E-state index < -0.39 is 5.97 Å². The van der Waals surface area contributed by atoms with Crippen molar-refractivity contribution in [1.29, 1.82) is 0 Å². The number of rotatable bonds is 6. The van der Waals surface area contributed by atoms with E-state index in [1.807, 2.05) is 13.1 Å². The summed E-state index contributed by atoms with van der Waals surface area (Å²) < 4.78 is 4.93. The normalized spacial score (nSPS) is 14.2. The van der Waals surface area contributed by atoms with Crippen LogP contribution in [0, 0.1) is 18.3 Å². The minimum atomic E-state index is -0.400. The molecule has 0 saturated heterocycles. The van der Waals surface area contributed by atoms with Gasteiger partial charge in [-0.1, -0.05) is 19.3 Å². The average molecular weight is 379 g/mol. The van der Waals surface area contributed by atoms with Gasteiger partial charge in [-0.05, 0) is 24.7 Å². The van der Waals surface area contributed by atoms with Crippen LogP contribution in [0.2, 0.25) is 0 Å². The van der Waals surface area contributed by atoms with Crippen molar-refractivity contribution >= 4 is 23.3 Å². The molecule has 0 bridgehead atoms. The third-order valence-corrected chi connectivity index (χ3v) is 5.01. The number of aromatic nitrogens is 3. The third-order valence-electron chi connectivity index (χ3n) is 5.01. The number of anilines is 3. The van der Waals surface area contributed by atoms with Crippen LogP contribution in [0.15, 0.2) is 24.7 Å². The molecular formula is C21H25N5O2. The maximum Gasteiger partial charge on any atom is 0.341 e. The molecule has 1 N–H and O–H groups in total. The van der Waals surface area contributed by atoms with E-state index in [0.29, 0.717) is 28.8 Å². The van der Waals surface area contributed by atoms with Crippen LogP contribution in [0.3, 0.4) is 0 Å². The van der Waals surface area contributed by atoms with Gasteiger partial charge < -0.3 is 15.0 Å². The number of esters is 1. The van der Waals surface area contributed by atoms with Crippen molar-refractivity contribution in [2.24, 2.45) is 5.92 Å². The number of hydrogen-bond acceptors (Lipinski definition) is 7. The minimum absolute atomic E-state index is 0.400. The number of nitrogens with zero attached hydrogens (tertiary/aromatic N) is 4. The van der Waals surface area contributed by atoms with E-state index in [-0.39, 0.29) is 0 Å². The van der Waals surface area contributed by atoms with Gasteiger partial charge >= 0.3 is 5.97 Å². The third kappa shape index (κ3) is 4.77. The fourth-order valence-corrected chi connectivity index (χ4v) is 3.55. The highest BCUT2D eigenvalue weighted by Crippen LogP contribution is 2.29. The van der Waals surface area contributed by atoms with Gasteiger partial charge in [-0.15, -0.1) is 6.42 Å². The van der Waals surface area contributed by atoms with Crippen LogP contribution in [0.25, 0.3) is 0 Å². The lowest BCUT2D eigenvalue weighted by Gasteiger charge is -2.29. The second-order valence-corrected chi connectivity index (χ2v) is 7.02. The number of carbonyl (C=O) groups is 1. The first-order valence-corrected chi connectivity index (χ1v) is 9.46. The van der Waals surface area contributed by atoms with Gasteiger partial charge in [0, 0.05) is 25.9 Å². The quantitative estimate of drug-likeness (QED) is 0.608. The molecule has 0 radical (unpaired) electrons. The van der Waals surface area contributed by atoms with Gasteiger partial charge in [0.15, 0.2) is 0 Å². The van der Waals surface area contributed by atoms with Crippen molar-refractivity contribution in [1.82, 2.24) is 15.0 Å². The Morgan fingerprint density at radius 2 is 1.96 bits per heavy atom. The Kier molecular flexibility index (Phi) is 6.43. The number of terminal acetylenes is 1. The lowest BCUT2D eigenvalue weighted by Crippen LogP contribution is -2.28. The van der Waals surface area contributed by atoms with Crippen LogP contribution < -0.4 is 10.2 Å². The standard InChI is InChI=1S/C21H25N5O2/c1-4-16-11-23-20(13-22-16)25-19-10-18(17(12-24-19)21(27)28-3)26(2)14-15-8-6-5-7-9-15/h1,10-13,15H,5-9,14H2,2-3H3,(H,23,24,25). The highest BCUT2D eigenvalue weighted by Gasteiger charge is 2.21. The fraction of sp³-hybridized carbons (Fsp3) is 0.429. The number of nitrogens with one attached hydrogen (secondary N) is 1. The van der Waals surface area contributed by atoms with E-state index >= 15 is 0 Å². The molecule has 7 nitrogen and oxygen atoms in total. The molecule has 1 saturated carbocycles. The fourth-order valence-electron chi connectivity index (χ4n) is 3.55. The molecule has 0 aliphatic heterocycles. The average Bonchev–Trinajstić information content (AvgIpc) is 2.74. The Morgan fingerprint density at radius 3 is 2.61 bits per heavy atom. The molecule has 2 aromatic heterocycles. The van der Waals surface area contributed by atoms with Gasteiger partial charge in [0.2, 0.25) is 0 Å². The van der Waals surface area contributed by atoms with E-state index in [1.165, 1.54) is 51.6 Å². The largest absolute Gasteiger partial charge is 0.465 e. The monoisotopic (exact) mass is 379 g/mol. The van der Waals surface area contributed by atoms with Crippen LogP contribution in [0.4, 0.5) is 17.3 Å². The molecule has 0 atom stereocenters. The molecule has 0 spiro atoms. The lowest BCUT2D eigenvalue weighted by molar-refractivity contribution is 0.0601. The van der Waals surface area contributed by atoms with Crippen molar-refractivity contribution in [2.45, 2.75) is 32.1 Å². The smallest absolute Gasteiger partial charge is 0.341 e. The second-order valence-electron chi connectivity index (χ2n) is 7.02. The molecule has 1 aliphatic rings. The van der Waals surface area contributed by atoms with Gasteiger partial charge in [0.25, 0.3) is 0 Å². The van der Waals surface area contributed by atoms with Crippen LogP contribution >= 0.6 is 0 Å². The predicted octanol–water partition coefficient (Wildman–Crippen LogP) is 3.40. The summed E-state index contributed by atoms with van der Waals surface area (Å²) in [5.74, 6) is 3.76. The summed E-state index contributed by atoms with van der Waals surface area (Å²) in [4.78, 5) is 27.0. The Hall–Kier alpha value is -3.14. The molecule has 0 unspecified atom stereocenters. The number of methoxy groups -OCH3 is 1. The lowest BCUT2D eigenvalue weighted by atomic mass is 9.89. The molecule has 7 heteroatoms. The molecule has 2 aromatic rings. The number of ether oxygens (including phenoxy) is 1. The highest BCUT2D eigenvalue weighted by molar-refractivity contribution is 5.96. The van der Waals surface area contributed by atoms with E-state index in [0.717, 1.165) is 12.2 Å². The molecule has 3 rings (SSSR count). The zero-order valence-corrected chi connectivity index (χ0v) is 16.3. The molecule has 1 aliphatic carbocycles. The van der Waals surface area contributed by atoms with Crippen LogP contribution in [0.5, 0.6) is 0 Å². The summed E-state index contributed by atoms with van der Waals surface area (Å²) in [5.41, 5.74) is 1.69. The van der Waals surface area contributed by atoms with E-state index in [9.17, 15) is 4.79 Å². The van der Waals surface area contributed by atoms with Crippen molar-refractivity contribution in [2.75, 3.05) is 30.9 Å². The summed E-state index contributed by atoms with van der Waals surface area (Å²) in [6, 6.07) is 1.84. The Balaban J connectivity index is 1.83. The number of carbonyl (C=O) groups excluding carboxylic acids is 1. The summed E-state index contributed by atoms with van der Waals surface area (Å²) in [6.07, 6.45) is 16.2. The maximum atomic E-state index is 12.2. The molecular weight excluding hydrogens is 354 g/mol. The Morgan fingerprint density at radius 1 is 1.21 bits per heavy atom. The van der Waals surface area contributed by atoms with Crippen molar-refractivity contribution < 1.29 is 9.53 Å². The first-order valence-electron chi connectivity index (χ1n) is 9.46. The topological polar surface area (TPSA) is 80.2 Å². The van der Waals surface area contributed by atoms with Gasteiger partial charge in [0.05, 0.1) is 25.2 Å². The Labute approximate surface area is 165 Å². The van der Waals surface area contributed by atoms with Crippen LogP contribution in [-0.4, -0.2) is 41.6 Å². The van der Waals surface area contributed by atoms with E-state index in [2.05, 4.69) is 31.1 Å². The highest BCUT2D eigenvalue weighted by atomic mass is 16.5.